The fourth-order valence-electron chi connectivity index (χ4n) is 9.57. The Bertz CT molecular complexity index is 3750. The van der Waals surface area contributed by atoms with Gasteiger partial charge in [-0.3, -0.25) is 0 Å². The maximum absolute atomic E-state index is 6.51. The Labute approximate surface area is 330 Å². The number of hydrogen-bond donors (Lipinski definition) is 0. The second-order valence-electron chi connectivity index (χ2n) is 15.1. The van der Waals surface area contributed by atoms with Crippen molar-refractivity contribution in [3.63, 3.8) is 0 Å². The Hall–Kier alpha value is -7.20. The number of para-hydroxylation sites is 2. The molecule has 2 nitrogen and oxygen atoms in total. The Morgan fingerprint density at radius 1 is 0.316 bits per heavy atom. The number of furan rings is 2. The monoisotopic (exact) mass is 742 g/mol. The van der Waals surface area contributed by atoms with E-state index in [2.05, 4.69) is 164 Å². The van der Waals surface area contributed by atoms with Crippen molar-refractivity contribution in [2.75, 3.05) is 0 Å². The average molecular weight is 743 g/mol. The second-order valence-corrected chi connectivity index (χ2v) is 16.1. The van der Waals surface area contributed by atoms with E-state index in [1.165, 1.54) is 85.7 Å². The molecule has 13 rings (SSSR count). The Balaban J connectivity index is 0.988. The van der Waals surface area contributed by atoms with Gasteiger partial charge in [0.15, 0.2) is 5.58 Å². The largest absolute Gasteiger partial charge is 0.456 e. The molecular weight excluding hydrogens is 713 g/mol. The van der Waals surface area contributed by atoms with Crippen LogP contribution >= 0.6 is 11.3 Å². The van der Waals surface area contributed by atoms with Crippen LogP contribution in [0.5, 0.6) is 0 Å². The fourth-order valence-corrected chi connectivity index (χ4v) is 10.8. The summed E-state index contributed by atoms with van der Waals surface area (Å²) in [5, 5.41) is 14.6. The zero-order chi connectivity index (χ0) is 37.2. The van der Waals surface area contributed by atoms with Gasteiger partial charge in [-0.25, -0.2) is 0 Å². The lowest BCUT2D eigenvalue weighted by atomic mass is 9.85. The molecule has 0 N–H and O–H groups in total. The fraction of sp³-hybridized carbons (Fsp3) is 0. The molecule has 0 atom stereocenters. The number of fused-ring (bicyclic) bond motifs is 14. The minimum Gasteiger partial charge on any atom is -0.456 e. The molecule has 3 heteroatoms. The average Bonchev–Trinajstić information content (AvgIpc) is 3.96. The van der Waals surface area contributed by atoms with Crippen molar-refractivity contribution < 1.29 is 8.83 Å². The van der Waals surface area contributed by atoms with Crippen molar-refractivity contribution in [2.45, 2.75) is 0 Å². The first-order valence-corrected chi connectivity index (χ1v) is 20.2. The Kier molecular flexibility index (Phi) is 6.35. The van der Waals surface area contributed by atoms with Crippen LogP contribution < -0.4 is 0 Å². The van der Waals surface area contributed by atoms with Crippen molar-refractivity contribution in [3.8, 4) is 33.4 Å². The molecule has 0 aliphatic heterocycles. The van der Waals surface area contributed by atoms with Crippen LogP contribution in [0, 0.1) is 0 Å². The van der Waals surface area contributed by atoms with Gasteiger partial charge in [0.2, 0.25) is 0 Å². The quantitative estimate of drug-likeness (QED) is 0.169. The van der Waals surface area contributed by atoms with E-state index in [0.717, 1.165) is 44.1 Å². The Morgan fingerprint density at radius 2 is 0.789 bits per heavy atom. The molecule has 0 amide bonds. The van der Waals surface area contributed by atoms with Crippen LogP contribution in [-0.4, -0.2) is 0 Å². The summed E-state index contributed by atoms with van der Waals surface area (Å²) in [5.41, 5.74) is 11.0. The summed E-state index contributed by atoms with van der Waals surface area (Å²) in [7, 11) is 0. The summed E-state index contributed by atoms with van der Waals surface area (Å²) in [6.45, 7) is 0. The summed E-state index contributed by atoms with van der Waals surface area (Å²) in [5.74, 6) is 0. The summed E-state index contributed by atoms with van der Waals surface area (Å²) in [6, 6.07) is 66.0. The molecule has 0 fully saturated rings. The van der Waals surface area contributed by atoms with Crippen molar-refractivity contribution in [1.29, 1.82) is 0 Å². The molecule has 10 aromatic carbocycles. The number of rotatable bonds is 3. The van der Waals surface area contributed by atoms with Crippen LogP contribution in [0.15, 0.2) is 191 Å². The molecule has 0 saturated carbocycles. The highest BCUT2D eigenvalue weighted by molar-refractivity contribution is 7.26. The van der Waals surface area contributed by atoms with Gasteiger partial charge in [-0.05, 0) is 102 Å². The SMILES string of the molecule is c1ccc2c(c1)oc1cc(-c3c4ccccc4c(-c4ccc(-c5cc6sc7c(ccc8c9ccccc9oc87)c6c6ccccc56)cc4)c4ccccc34)ccc12. The van der Waals surface area contributed by atoms with E-state index in [1.54, 1.807) is 0 Å². The predicted octanol–water partition coefficient (Wildman–Crippen LogP) is 16.3. The van der Waals surface area contributed by atoms with Crippen molar-refractivity contribution in [1.82, 2.24) is 0 Å². The maximum atomic E-state index is 6.51. The first-order valence-electron chi connectivity index (χ1n) is 19.4. The van der Waals surface area contributed by atoms with E-state index < -0.39 is 0 Å². The first-order chi connectivity index (χ1) is 28.3. The number of hydrogen-bond acceptors (Lipinski definition) is 3. The third kappa shape index (κ3) is 4.40. The predicted molar refractivity (Wildman–Crippen MR) is 243 cm³/mol. The molecule has 0 aliphatic rings. The van der Waals surface area contributed by atoms with Crippen molar-refractivity contribution >= 4 is 108 Å². The minimum atomic E-state index is 0.908. The van der Waals surface area contributed by atoms with E-state index in [1.807, 2.05) is 29.5 Å². The minimum absolute atomic E-state index is 0.908. The molecule has 3 aromatic heterocycles. The standard InChI is InChI=1S/C54H30O2S/c1-2-14-38-34(11-1)45(30-49-52(38)44-28-27-43-36-13-8-10-20-47(36)56-53(43)54(44)57-49)31-21-23-32(24-22-31)50-39-15-3-5-17-41(39)51(42-18-6-4-16-40(42)50)33-25-26-37-35-12-7-9-19-46(35)55-48(37)29-33/h1-30H. The molecule has 0 spiro atoms. The molecule has 0 saturated heterocycles. The van der Waals surface area contributed by atoms with E-state index in [-0.39, 0.29) is 0 Å². The summed E-state index contributed by atoms with van der Waals surface area (Å²) >= 11 is 1.83. The zero-order valence-electron chi connectivity index (χ0n) is 30.5. The molecule has 264 valence electrons. The van der Waals surface area contributed by atoms with Crippen molar-refractivity contribution in [2.24, 2.45) is 0 Å². The second kappa shape index (κ2) is 11.7. The van der Waals surface area contributed by atoms with E-state index in [0.29, 0.717) is 0 Å². The van der Waals surface area contributed by atoms with Gasteiger partial charge in [0, 0.05) is 37.0 Å². The van der Waals surface area contributed by atoms with Gasteiger partial charge >= 0.3 is 0 Å². The van der Waals surface area contributed by atoms with Crippen molar-refractivity contribution in [3.05, 3.63) is 182 Å². The smallest absolute Gasteiger partial charge is 0.153 e. The first kappa shape index (κ1) is 31.1. The van der Waals surface area contributed by atoms with Gasteiger partial charge in [-0.2, -0.15) is 0 Å². The van der Waals surface area contributed by atoms with Crippen LogP contribution in [0.2, 0.25) is 0 Å². The molecule has 0 bridgehead atoms. The van der Waals surface area contributed by atoms with Crippen LogP contribution in [0.1, 0.15) is 0 Å². The highest BCUT2D eigenvalue weighted by atomic mass is 32.1. The third-order valence-corrected chi connectivity index (χ3v) is 13.2. The summed E-state index contributed by atoms with van der Waals surface area (Å²) < 4.78 is 15.3. The van der Waals surface area contributed by atoms with Gasteiger partial charge in [0.05, 0.1) is 4.70 Å². The van der Waals surface area contributed by atoms with Crippen LogP contribution in [0.3, 0.4) is 0 Å². The highest BCUT2D eigenvalue weighted by Gasteiger charge is 2.20. The molecule has 3 heterocycles. The summed E-state index contributed by atoms with van der Waals surface area (Å²) in [6.07, 6.45) is 0. The van der Waals surface area contributed by atoms with Crippen LogP contribution in [0.25, 0.3) is 130 Å². The lowest BCUT2D eigenvalue weighted by Gasteiger charge is -2.18. The van der Waals surface area contributed by atoms with Gasteiger partial charge < -0.3 is 8.83 Å². The lowest BCUT2D eigenvalue weighted by molar-refractivity contribution is 0.669. The molecule has 0 unspecified atom stereocenters. The zero-order valence-corrected chi connectivity index (χ0v) is 31.4. The summed E-state index contributed by atoms with van der Waals surface area (Å²) in [4.78, 5) is 0. The molecule has 0 radical (unpaired) electrons. The van der Waals surface area contributed by atoms with E-state index in [4.69, 9.17) is 8.83 Å². The van der Waals surface area contributed by atoms with Gasteiger partial charge in [-0.15, -0.1) is 11.3 Å². The van der Waals surface area contributed by atoms with E-state index >= 15 is 0 Å². The molecule has 13 aromatic rings. The normalized spacial score (nSPS) is 12.2. The topological polar surface area (TPSA) is 26.3 Å². The van der Waals surface area contributed by atoms with Gasteiger partial charge in [0.25, 0.3) is 0 Å². The number of benzene rings is 10. The van der Waals surface area contributed by atoms with Crippen LogP contribution in [-0.2, 0) is 0 Å². The third-order valence-electron chi connectivity index (χ3n) is 12.1. The Morgan fingerprint density at radius 3 is 1.47 bits per heavy atom. The van der Waals surface area contributed by atoms with Gasteiger partial charge in [0.1, 0.15) is 16.7 Å². The lowest BCUT2D eigenvalue weighted by Crippen LogP contribution is -1.91. The van der Waals surface area contributed by atoms with E-state index in [9.17, 15) is 0 Å². The molecular formula is C54H30O2S. The number of thiophene rings is 1. The van der Waals surface area contributed by atoms with Gasteiger partial charge in [-0.1, -0.05) is 146 Å². The van der Waals surface area contributed by atoms with Crippen LogP contribution in [0.4, 0.5) is 0 Å². The molecule has 57 heavy (non-hydrogen) atoms. The maximum Gasteiger partial charge on any atom is 0.153 e. The molecule has 0 aliphatic carbocycles. The highest BCUT2D eigenvalue weighted by Crippen LogP contribution is 2.48.